The van der Waals surface area contributed by atoms with Crippen molar-refractivity contribution in [2.75, 3.05) is 26.2 Å². The summed E-state index contributed by atoms with van der Waals surface area (Å²) >= 11 is 0. The Morgan fingerprint density at radius 2 is 2.00 bits per heavy atom. The molecule has 2 saturated carbocycles. The molecule has 0 bridgehead atoms. The Morgan fingerprint density at radius 3 is 2.50 bits per heavy atom. The number of likely N-dealkylation sites (N-methyl/N-ethyl adjacent to an activating group) is 1. The Morgan fingerprint density at radius 1 is 1.21 bits per heavy atom. The topological polar surface area (TPSA) is 15.3 Å². The standard InChI is InChI=1S/C12H24N2/c1-2-14(12-6-7-12)9-8-13-10-11-4-3-5-11/h11-13H,2-10H2,1H3. The van der Waals surface area contributed by atoms with E-state index in [4.69, 9.17) is 0 Å². The molecule has 0 aromatic heterocycles. The maximum atomic E-state index is 3.59. The highest BCUT2D eigenvalue weighted by atomic mass is 15.2. The van der Waals surface area contributed by atoms with Gasteiger partial charge in [-0.1, -0.05) is 13.3 Å². The number of nitrogens with zero attached hydrogens (tertiary/aromatic N) is 1. The van der Waals surface area contributed by atoms with Gasteiger partial charge in [0.1, 0.15) is 0 Å². The van der Waals surface area contributed by atoms with E-state index in [9.17, 15) is 0 Å². The quantitative estimate of drug-likeness (QED) is 0.625. The first-order valence-corrected chi connectivity index (χ1v) is 6.35. The zero-order valence-corrected chi connectivity index (χ0v) is 9.47. The lowest BCUT2D eigenvalue weighted by Gasteiger charge is -2.26. The fourth-order valence-corrected chi connectivity index (χ4v) is 2.26. The second-order valence-corrected chi connectivity index (χ2v) is 4.86. The van der Waals surface area contributed by atoms with Crippen LogP contribution >= 0.6 is 0 Å². The van der Waals surface area contributed by atoms with Gasteiger partial charge < -0.3 is 5.32 Å². The summed E-state index contributed by atoms with van der Waals surface area (Å²) in [5.41, 5.74) is 0. The summed E-state index contributed by atoms with van der Waals surface area (Å²) in [5.74, 6) is 1.01. The van der Waals surface area contributed by atoms with Gasteiger partial charge in [-0.05, 0) is 44.7 Å². The third-order valence-corrected chi connectivity index (χ3v) is 3.70. The molecule has 0 aliphatic heterocycles. The number of rotatable bonds is 7. The molecule has 0 unspecified atom stereocenters. The van der Waals surface area contributed by atoms with Crippen LogP contribution < -0.4 is 5.32 Å². The van der Waals surface area contributed by atoms with E-state index in [1.807, 2.05) is 0 Å². The second kappa shape index (κ2) is 5.13. The molecule has 2 fully saturated rings. The number of hydrogen-bond acceptors (Lipinski definition) is 2. The average Bonchev–Trinajstić information content (AvgIpc) is 2.91. The van der Waals surface area contributed by atoms with Gasteiger partial charge in [-0.15, -0.1) is 0 Å². The Kier molecular flexibility index (Phi) is 3.82. The predicted molar refractivity (Wildman–Crippen MR) is 60.5 cm³/mol. The molecule has 2 aliphatic carbocycles. The Hall–Kier alpha value is -0.0800. The van der Waals surface area contributed by atoms with Crippen LogP contribution in [0, 0.1) is 5.92 Å². The van der Waals surface area contributed by atoms with Crippen LogP contribution in [0.2, 0.25) is 0 Å². The molecule has 2 aliphatic rings. The first kappa shape index (κ1) is 10.4. The van der Waals surface area contributed by atoms with E-state index < -0.39 is 0 Å². The maximum absolute atomic E-state index is 3.59. The molecular formula is C12H24N2. The highest BCUT2D eigenvalue weighted by Gasteiger charge is 2.27. The summed E-state index contributed by atoms with van der Waals surface area (Å²) in [6.45, 7) is 7.23. The molecular weight excluding hydrogens is 172 g/mol. The van der Waals surface area contributed by atoms with Crippen LogP contribution in [0.25, 0.3) is 0 Å². The maximum Gasteiger partial charge on any atom is 0.0110 e. The molecule has 0 heterocycles. The second-order valence-electron chi connectivity index (χ2n) is 4.86. The van der Waals surface area contributed by atoms with Crippen LogP contribution in [0.15, 0.2) is 0 Å². The van der Waals surface area contributed by atoms with Gasteiger partial charge in [0.05, 0.1) is 0 Å². The molecule has 2 nitrogen and oxygen atoms in total. The fourth-order valence-electron chi connectivity index (χ4n) is 2.26. The predicted octanol–water partition coefficient (Wildman–Crippen LogP) is 1.86. The Labute approximate surface area is 88.1 Å². The summed E-state index contributed by atoms with van der Waals surface area (Å²) in [6.07, 6.45) is 7.28. The van der Waals surface area contributed by atoms with Crippen molar-refractivity contribution in [1.29, 1.82) is 0 Å². The van der Waals surface area contributed by atoms with Crippen LogP contribution in [-0.2, 0) is 0 Å². The van der Waals surface area contributed by atoms with E-state index in [0.29, 0.717) is 0 Å². The molecule has 0 saturated heterocycles. The number of hydrogen-bond donors (Lipinski definition) is 1. The monoisotopic (exact) mass is 196 g/mol. The lowest BCUT2D eigenvalue weighted by molar-refractivity contribution is 0.260. The van der Waals surface area contributed by atoms with Crippen molar-refractivity contribution in [3.63, 3.8) is 0 Å². The molecule has 82 valence electrons. The molecule has 2 heteroatoms. The minimum Gasteiger partial charge on any atom is -0.315 e. The third-order valence-electron chi connectivity index (χ3n) is 3.70. The van der Waals surface area contributed by atoms with Crippen molar-refractivity contribution >= 4 is 0 Å². The van der Waals surface area contributed by atoms with Crippen LogP contribution in [0.3, 0.4) is 0 Å². The fraction of sp³-hybridized carbons (Fsp3) is 1.00. The van der Waals surface area contributed by atoms with Crippen LogP contribution in [-0.4, -0.2) is 37.1 Å². The van der Waals surface area contributed by atoms with Crippen molar-refractivity contribution in [1.82, 2.24) is 10.2 Å². The van der Waals surface area contributed by atoms with Gasteiger partial charge in [-0.25, -0.2) is 0 Å². The molecule has 0 amide bonds. The largest absolute Gasteiger partial charge is 0.315 e. The molecule has 0 aromatic carbocycles. The molecule has 14 heavy (non-hydrogen) atoms. The highest BCUT2D eigenvalue weighted by molar-refractivity contribution is 4.84. The zero-order valence-electron chi connectivity index (χ0n) is 9.47. The van der Waals surface area contributed by atoms with Crippen LogP contribution in [0.5, 0.6) is 0 Å². The van der Waals surface area contributed by atoms with Crippen molar-refractivity contribution in [3.05, 3.63) is 0 Å². The van der Waals surface area contributed by atoms with E-state index >= 15 is 0 Å². The first-order valence-electron chi connectivity index (χ1n) is 6.35. The SMILES string of the molecule is CCN(CCNCC1CCC1)C1CC1. The van der Waals surface area contributed by atoms with Crippen molar-refractivity contribution in [2.24, 2.45) is 5.92 Å². The smallest absolute Gasteiger partial charge is 0.0110 e. The number of nitrogens with one attached hydrogen (secondary N) is 1. The highest BCUT2D eigenvalue weighted by Crippen LogP contribution is 2.26. The van der Waals surface area contributed by atoms with Gasteiger partial charge in [0.15, 0.2) is 0 Å². The lowest BCUT2D eigenvalue weighted by atomic mass is 9.85. The average molecular weight is 196 g/mol. The van der Waals surface area contributed by atoms with E-state index in [1.165, 1.54) is 58.3 Å². The summed E-state index contributed by atoms with van der Waals surface area (Å²) in [4.78, 5) is 2.62. The van der Waals surface area contributed by atoms with Crippen LogP contribution in [0.1, 0.15) is 39.0 Å². The zero-order chi connectivity index (χ0) is 9.80. The molecule has 0 atom stereocenters. The normalized spacial score (nSPS) is 22.7. The molecule has 0 aromatic rings. The van der Waals surface area contributed by atoms with Gasteiger partial charge in [0, 0.05) is 19.1 Å². The summed E-state index contributed by atoms with van der Waals surface area (Å²) in [5, 5.41) is 3.59. The third kappa shape index (κ3) is 2.96. The van der Waals surface area contributed by atoms with E-state index in [0.717, 1.165) is 12.0 Å². The van der Waals surface area contributed by atoms with Crippen molar-refractivity contribution in [2.45, 2.75) is 45.1 Å². The van der Waals surface area contributed by atoms with E-state index in [2.05, 4.69) is 17.1 Å². The Balaban J connectivity index is 1.48. The van der Waals surface area contributed by atoms with E-state index in [1.54, 1.807) is 0 Å². The molecule has 2 rings (SSSR count). The summed E-state index contributed by atoms with van der Waals surface area (Å²) in [6, 6.07) is 0.936. The minimum atomic E-state index is 0.936. The molecule has 1 N–H and O–H groups in total. The van der Waals surface area contributed by atoms with Crippen molar-refractivity contribution in [3.8, 4) is 0 Å². The molecule has 0 radical (unpaired) electrons. The van der Waals surface area contributed by atoms with E-state index in [-0.39, 0.29) is 0 Å². The van der Waals surface area contributed by atoms with Gasteiger partial charge in [-0.3, -0.25) is 4.90 Å². The molecule has 0 spiro atoms. The van der Waals surface area contributed by atoms with Crippen LogP contribution in [0.4, 0.5) is 0 Å². The summed E-state index contributed by atoms with van der Waals surface area (Å²) in [7, 11) is 0. The van der Waals surface area contributed by atoms with Gasteiger partial charge in [-0.2, -0.15) is 0 Å². The van der Waals surface area contributed by atoms with Gasteiger partial charge in [0.25, 0.3) is 0 Å². The van der Waals surface area contributed by atoms with Crippen molar-refractivity contribution < 1.29 is 0 Å². The minimum absolute atomic E-state index is 0.936. The first-order chi connectivity index (χ1) is 6.90. The van der Waals surface area contributed by atoms with Gasteiger partial charge in [0.2, 0.25) is 0 Å². The lowest BCUT2D eigenvalue weighted by Crippen LogP contribution is -2.36. The summed E-state index contributed by atoms with van der Waals surface area (Å²) < 4.78 is 0. The Bertz CT molecular complexity index is 162. The van der Waals surface area contributed by atoms with Gasteiger partial charge >= 0.3 is 0 Å².